The Morgan fingerprint density at radius 2 is 1.91 bits per heavy atom. The van der Waals surface area contributed by atoms with Gasteiger partial charge in [0, 0.05) is 36.6 Å². The molecule has 7 nitrogen and oxygen atoms in total. The van der Waals surface area contributed by atoms with Crippen molar-refractivity contribution in [2.45, 2.75) is 58.0 Å². The molecule has 0 aromatic heterocycles. The summed E-state index contributed by atoms with van der Waals surface area (Å²) in [4.78, 5) is 27.6. The zero-order valence-corrected chi connectivity index (χ0v) is 19.5. The number of hydrogen-bond acceptors (Lipinski definition) is 5. The Labute approximate surface area is 194 Å². The van der Waals surface area contributed by atoms with Crippen molar-refractivity contribution >= 4 is 23.2 Å². The summed E-state index contributed by atoms with van der Waals surface area (Å²) in [5.41, 5.74) is 0.530. The zero-order chi connectivity index (χ0) is 24.0. The van der Waals surface area contributed by atoms with E-state index >= 15 is 0 Å². The SMILES string of the molecule is CC(=O)Nc1ccc2c(c1)[C@@]1(O[C@H](CCO)[C@@H](C(C)(C)O)[C@@H]1C)C(=O)N2Cc1ccccc1. The molecule has 0 aliphatic carbocycles. The van der Waals surface area contributed by atoms with E-state index in [1.165, 1.54) is 6.92 Å². The van der Waals surface area contributed by atoms with Gasteiger partial charge in [0.25, 0.3) is 5.91 Å². The highest BCUT2D eigenvalue weighted by Crippen LogP contribution is 2.58. The molecule has 2 aliphatic heterocycles. The third kappa shape index (κ3) is 3.94. The standard InChI is InChI=1S/C26H32N2O5/c1-16-23(25(3,4)32)22(12-13-29)33-26(16)20-14-19(27-17(2)30)10-11-21(20)28(24(26)31)15-18-8-6-5-7-9-18/h5-11,14,16,22-23,29,32H,12-13,15H2,1-4H3,(H,27,30)/t16-,22+,23-,26+/m0/s1. The third-order valence-corrected chi connectivity index (χ3v) is 6.90. The van der Waals surface area contributed by atoms with Crippen LogP contribution >= 0.6 is 0 Å². The smallest absolute Gasteiger partial charge is 0.264 e. The number of nitrogens with one attached hydrogen (secondary N) is 1. The van der Waals surface area contributed by atoms with E-state index in [0.717, 1.165) is 11.3 Å². The van der Waals surface area contributed by atoms with Gasteiger partial charge in [-0.2, -0.15) is 0 Å². The first-order chi connectivity index (χ1) is 15.6. The Balaban J connectivity index is 1.86. The lowest BCUT2D eigenvalue weighted by atomic mass is 9.71. The molecule has 4 rings (SSSR count). The summed E-state index contributed by atoms with van der Waals surface area (Å²) >= 11 is 0. The average Bonchev–Trinajstić information content (AvgIpc) is 3.16. The summed E-state index contributed by atoms with van der Waals surface area (Å²) in [6.45, 7) is 7.07. The van der Waals surface area contributed by atoms with Gasteiger partial charge in [-0.05, 0) is 44.0 Å². The molecule has 1 saturated heterocycles. The Hall–Kier alpha value is -2.74. The Morgan fingerprint density at radius 3 is 2.52 bits per heavy atom. The van der Waals surface area contributed by atoms with Crippen LogP contribution in [-0.2, 0) is 26.5 Å². The number of aliphatic hydroxyl groups is 2. The maximum absolute atomic E-state index is 14.1. The van der Waals surface area contributed by atoms with Crippen molar-refractivity contribution in [1.82, 2.24) is 0 Å². The normalized spacial score (nSPS) is 26.7. The molecule has 33 heavy (non-hydrogen) atoms. The van der Waals surface area contributed by atoms with Crippen molar-refractivity contribution in [3.63, 3.8) is 0 Å². The van der Waals surface area contributed by atoms with E-state index in [-0.39, 0.29) is 30.3 Å². The van der Waals surface area contributed by atoms with E-state index in [2.05, 4.69) is 5.32 Å². The maximum atomic E-state index is 14.1. The van der Waals surface area contributed by atoms with Crippen LogP contribution in [0.15, 0.2) is 48.5 Å². The van der Waals surface area contributed by atoms with Crippen molar-refractivity contribution in [1.29, 1.82) is 0 Å². The van der Waals surface area contributed by atoms with E-state index in [1.54, 1.807) is 30.9 Å². The summed E-state index contributed by atoms with van der Waals surface area (Å²) < 4.78 is 6.54. The first-order valence-electron chi connectivity index (χ1n) is 11.4. The fourth-order valence-electron chi connectivity index (χ4n) is 5.68. The van der Waals surface area contributed by atoms with Gasteiger partial charge >= 0.3 is 0 Å². The molecule has 176 valence electrons. The summed E-state index contributed by atoms with van der Waals surface area (Å²) in [6.07, 6.45) is -0.184. The maximum Gasteiger partial charge on any atom is 0.264 e. The van der Waals surface area contributed by atoms with Crippen molar-refractivity contribution in [2.75, 3.05) is 16.8 Å². The number of nitrogens with zero attached hydrogens (tertiary/aromatic N) is 1. The fraction of sp³-hybridized carbons (Fsp3) is 0.462. The van der Waals surface area contributed by atoms with Gasteiger partial charge in [0.1, 0.15) is 0 Å². The molecular formula is C26H32N2O5. The molecule has 2 aliphatic rings. The molecule has 0 saturated carbocycles. The molecular weight excluding hydrogens is 420 g/mol. The highest BCUT2D eigenvalue weighted by Gasteiger charge is 2.65. The Bertz CT molecular complexity index is 1050. The highest BCUT2D eigenvalue weighted by atomic mass is 16.5. The molecule has 2 heterocycles. The second-order valence-electron chi connectivity index (χ2n) is 9.66. The van der Waals surface area contributed by atoms with E-state index in [0.29, 0.717) is 24.2 Å². The van der Waals surface area contributed by atoms with Crippen LogP contribution in [0, 0.1) is 11.8 Å². The number of amides is 2. The molecule has 2 amide bonds. The van der Waals surface area contributed by atoms with Crippen molar-refractivity contribution in [3.05, 3.63) is 59.7 Å². The number of hydrogen-bond donors (Lipinski definition) is 3. The molecule has 3 N–H and O–H groups in total. The van der Waals surface area contributed by atoms with Crippen LogP contribution < -0.4 is 10.2 Å². The van der Waals surface area contributed by atoms with Crippen LogP contribution in [0.1, 0.15) is 45.2 Å². The summed E-state index contributed by atoms with van der Waals surface area (Å²) in [5, 5.41) is 23.5. The fourth-order valence-corrected chi connectivity index (χ4v) is 5.68. The van der Waals surface area contributed by atoms with Crippen LogP contribution in [0.3, 0.4) is 0 Å². The number of carbonyl (C=O) groups is 2. The average molecular weight is 453 g/mol. The van der Waals surface area contributed by atoms with Gasteiger partial charge in [-0.15, -0.1) is 0 Å². The first-order valence-corrected chi connectivity index (χ1v) is 11.4. The van der Waals surface area contributed by atoms with Gasteiger partial charge in [-0.1, -0.05) is 37.3 Å². The van der Waals surface area contributed by atoms with E-state index in [1.807, 2.05) is 43.3 Å². The molecule has 7 heteroatoms. The number of anilines is 2. The largest absolute Gasteiger partial charge is 0.396 e. The topological polar surface area (TPSA) is 99.1 Å². The predicted octanol–water partition coefficient (Wildman–Crippen LogP) is 3.19. The minimum Gasteiger partial charge on any atom is -0.396 e. The van der Waals surface area contributed by atoms with Crippen LogP contribution in [0.5, 0.6) is 0 Å². The van der Waals surface area contributed by atoms with E-state index < -0.39 is 17.3 Å². The van der Waals surface area contributed by atoms with Crippen LogP contribution in [-0.4, -0.2) is 40.3 Å². The number of benzene rings is 2. The zero-order valence-electron chi connectivity index (χ0n) is 19.5. The van der Waals surface area contributed by atoms with Gasteiger partial charge in [0.05, 0.1) is 23.9 Å². The molecule has 1 spiro atoms. The summed E-state index contributed by atoms with van der Waals surface area (Å²) in [5.74, 6) is -1.14. The molecule has 0 radical (unpaired) electrons. The lowest BCUT2D eigenvalue weighted by molar-refractivity contribution is -0.146. The monoisotopic (exact) mass is 452 g/mol. The van der Waals surface area contributed by atoms with Gasteiger partial charge in [-0.3, -0.25) is 9.59 Å². The number of rotatable bonds is 6. The third-order valence-electron chi connectivity index (χ3n) is 6.90. The van der Waals surface area contributed by atoms with Gasteiger partial charge in [0.2, 0.25) is 5.91 Å². The lowest BCUT2D eigenvalue weighted by Crippen LogP contribution is -2.46. The van der Waals surface area contributed by atoms with Crippen molar-refractivity contribution in [2.24, 2.45) is 11.8 Å². The summed E-state index contributed by atoms with van der Waals surface area (Å²) in [6, 6.07) is 15.2. The highest BCUT2D eigenvalue weighted by molar-refractivity contribution is 6.08. The van der Waals surface area contributed by atoms with Gasteiger partial charge in [-0.25, -0.2) is 0 Å². The predicted molar refractivity (Wildman–Crippen MR) is 126 cm³/mol. The minimum atomic E-state index is -1.32. The Morgan fingerprint density at radius 1 is 1.21 bits per heavy atom. The molecule has 1 fully saturated rings. The Kier molecular flexibility index (Phi) is 6.07. The van der Waals surface area contributed by atoms with E-state index in [4.69, 9.17) is 4.74 Å². The van der Waals surface area contributed by atoms with Gasteiger partial charge < -0.3 is 25.2 Å². The second-order valence-corrected chi connectivity index (χ2v) is 9.66. The molecule has 2 aromatic carbocycles. The first kappa shape index (κ1) is 23.4. The van der Waals surface area contributed by atoms with Crippen LogP contribution in [0.2, 0.25) is 0 Å². The van der Waals surface area contributed by atoms with Crippen LogP contribution in [0.25, 0.3) is 0 Å². The van der Waals surface area contributed by atoms with Crippen molar-refractivity contribution < 1.29 is 24.5 Å². The molecule has 4 atom stereocenters. The van der Waals surface area contributed by atoms with Crippen molar-refractivity contribution in [3.8, 4) is 0 Å². The number of aliphatic hydroxyl groups excluding tert-OH is 1. The number of ether oxygens (including phenoxy) is 1. The number of fused-ring (bicyclic) bond motifs is 2. The molecule has 0 bridgehead atoms. The van der Waals surface area contributed by atoms with E-state index in [9.17, 15) is 19.8 Å². The van der Waals surface area contributed by atoms with Gasteiger partial charge in [0.15, 0.2) is 5.60 Å². The molecule has 0 unspecified atom stereocenters. The summed E-state index contributed by atoms with van der Waals surface area (Å²) in [7, 11) is 0. The quantitative estimate of drug-likeness (QED) is 0.625. The lowest BCUT2D eigenvalue weighted by Gasteiger charge is -2.34. The molecule has 2 aromatic rings. The van der Waals surface area contributed by atoms with Crippen LogP contribution in [0.4, 0.5) is 11.4 Å². The second kappa shape index (κ2) is 8.56. The minimum absolute atomic E-state index is 0.110. The number of carbonyl (C=O) groups excluding carboxylic acids is 2.